The van der Waals surface area contributed by atoms with Crippen LogP contribution in [0.1, 0.15) is 15.2 Å². The lowest BCUT2D eigenvalue weighted by molar-refractivity contribution is 0.0951. The van der Waals surface area contributed by atoms with Gasteiger partial charge < -0.3 is 10.1 Å². The predicted octanol–water partition coefficient (Wildman–Crippen LogP) is 2.26. The van der Waals surface area contributed by atoms with Crippen LogP contribution in [0, 0.1) is 0 Å². The molecule has 2 rings (SSSR count). The number of ether oxygens (including phenoxy) is 1. The summed E-state index contributed by atoms with van der Waals surface area (Å²) in [4.78, 5) is 13.2. The highest BCUT2D eigenvalue weighted by Crippen LogP contribution is 2.21. The molecule has 0 fully saturated rings. The lowest BCUT2D eigenvalue weighted by atomic mass is 10.2. The van der Waals surface area contributed by atoms with Gasteiger partial charge in [-0.25, -0.2) is 13.1 Å². The zero-order chi connectivity index (χ0) is 17.6. The first-order chi connectivity index (χ1) is 11.4. The van der Waals surface area contributed by atoms with Gasteiger partial charge in [-0.15, -0.1) is 11.3 Å². The third kappa shape index (κ3) is 5.02. The van der Waals surface area contributed by atoms with Crippen molar-refractivity contribution in [3.63, 3.8) is 0 Å². The Kier molecular flexibility index (Phi) is 6.76. The van der Waals surface area contributed by atoms with E-state index < -0.39 is 15.9 Å². The van der Waals surface area contributed by atoms with Crippen LogP contribution in [0.3, 0.4) is 0 Å². The van der Waals surface area contributed by atoms with Gasteiger partial charge in [0.25, 0.3) is 5.91 Å². The molecule has 1 amide bonds. The minimum Gasteiger partial charge on any atom is -0.383 e. The number of thiophene rings is 1. The first kappa shape index (κ1) is 18.9. The van der Waals surface area contributed by atoms with E-state index in [1.807, 2.05) is 17.5 Å². The molecule has 24 heavy (non-hydrogen) atoms. The quantitative estimate of drug-likeness (QED) is 0.679. The van der Waals surface area contributed by atoms with Crippen LogP contribution in [0.5, 0.6) is 0 Å². The van der Waals surface area contributed by atoms with Crippen LogP contribution < -0.4 is 10.0 Å². The molecule has 1 aromatic heterocycles. The molecule has 1 heterocycles. The molecule has 9 heteroatoms. The predicted molar refractivity (Wildman–Crippen MR) is 94.0 cm³/mol. The van der Waals surface area contributed by atoms with Crippen molar-refractivity contribution in [3.8, 4) is 0 Å². The van der Waals surface area contributed by atoms with Crippen LogP contribution >= 0.6 is 22.9 Å². The molecule has 6 nitrogen and oxygen atoms in total. The monoisotopic (exact) mass is 388 g/mol. The molecule has 130 valence electrons. The van der Waals surface area contributed by atoms with E-state index in [0.29, 0.717) is 6.54 Å². The molecule has 0 aliphatic carbocycles. The van der Waals surface area contributed by atoms with Gasteiger partial charge in [-0.3, -0.25) is 4.79 Å². The number of hydrogen-bond donors (Lipinski definition) is 2. The lowest BCUT2D eigenvalue weighted by Crippen LogP contribution is -2.28. The van der Waals surface area contributed by atoms with Crippen LogP contribution in [-0.4, -0.2) is 34.6 Å². The second-order valence-corrected chi connectivity index (χ2v) is 8.00. The SMILES string of the molecule is COCCNS(=O)(=O)c1ccc(Cl)c(C(=O)NCc2cccs2)c1. The van der Waals surface area contributed by atoms with Crippen LogP contribution in [0.4, 0.5) is 0 Å². The minimum absolute atomic E-state index is 0.0238. The van der Waals surface area contributed by atoms with Crippen molar-refractivity contribution in [2.45, 2.75) is 11.4 Å². The van der Waals surface area contributed by atoms with E-state index in [1.54, 1.807) is 0 Å². The number of rotatable bonds is 8. The zero-order valence-corrected chi connectivity index (χ0v) is 15.3. The standard InChI is InChI=1S/C15H17ClN2O4S2/c1-22-7-6-18-24(20,21)12-4-5-14(16)13(9-12)15(19)17-10-11-3-2-8-23-11/h2-5,8-9,18H,6-7,10H2,1H3,(H,17,19). The molecule has 0 aliphatic rings. The molecule has 2 aromatic rings. The molecule has 0 unspecified atom stereocenters. The molecule has 0 atom stereocenters. The summed E-state index contributed by atoms with van der Waals surface area (Å²) in [7, 11) is -2.25. The van der Waals surface area contributed by atoms with E-state index in [-0.39, 0.29) is 28.6 Å². The molecule has 0 saturated heterocycles. The van der Waals surface area contributed by atoms with Crippen molar-refractivity contribution >= 4 is 38.9 Å². The fraction of sp³-hybridized carbons (Fsp3) is 0.267. The van der Waals surface area contributed by atoms with Crippen molar-refractivity contribution in [1.82, 2.24) is 10.0 Å². The van der Waals surface area contributed by atoms with Gasteiger partial charge in [0, 0.05) is 18.5 Å². The Labute approximate surface area is 149 Å². The Morgan fingerprint density at radius 2 is 2.12 bits per heavy atom. The average molecular weight is 389 g/mol. The summed E-state index contributed by atoms with van der Waals surface area (Å²) in [5.41, 5.74) is 0.114. The van der Waals surface area contributed by atoms with Crippen LogP contribution in [0.25, 0.3) is 0 Å². The summed E-state index contributed by atoms with van der Waals surface area (Å²) < 4.78 is 31.6. The first-order valence-electron chi connectivity index (χ1n) is 7.03. The summed E-state index contributed by atoms with van der Waals surface area (Å²) in [6.45, 7) is 0.748. The van der Waals surface area contributed by atoms with Crippen LogP contribution in [-0.2, 0) is 21.3 Å². The maximum atomic E-state index is 12.3. The number of methoxy groups -OCH3 is 1. The van der Waals surface area contributed by atoms with E-state index in [9.17, 15) is 13.2 Å². The minimum atomic E-state index is -3.73. The molecular weight excluding hydrogens is 372 g/mol. The first-order valence-corrected chi connectivity index (χ1v) is 9.77. The van der Waals surface area contributed by atoms with Crippen molar-refractivity contribution in [3.05, 3.63) is 51.2 Å². The molecule has 2 N–H and O–H groups in total. The third-order valence-corrected chi connectivity index (χ3v) is 5.76. The smallest absolute Gasteiger partial charge is 0.253 e. The summed E-state index contributed by atoms with van der Waals surface area (Å²) in [5, 5.41) is 4.82. The van der Waals surface area contributed by atoms with Crippen molar-refractivity contribution in [1.29, 1.82) is 0 Å². The average Bonchev–Trinajstić information content (AvgIpc) is 3.06. The van der Waals surface area contributed by atoms with Gasteiger partial charge in [-0.2, -0.15) is 0 Å². The Morgan fingerprint density at radius 3 is 2.79 bits per heavy atom. The number of amides is 1. The summed E-state index contributed by atoms with van der Waals surface area (Å²) in [5.74, 6) is -0.428. The van der Waals surface area contributed by atoms with Crippen molar-refractivity contribution in [2.75, 3.05) is 20.3 Å². The molecule has 1 aromatic carbocycles. The molecule has 0 radical (unpaired) electrons. The van der Waals surface area contributed by atoms with E-state index in [2.05, 4.69) is 10.0 Å². The maximum Gasteiger partial charge on any atom is 0.253 e. The number of hydrogen-bond acceptors (Lipinski definition) is 5. The maximum absolute atomic E-state index is 12.3. The molecule has 0 aliphatic heterocycles. The van der Waals surface area contributed by atoms with Crippen LogP contribution in [0.15, 0.2) is 40.6 Å². The van der Waals surface area contributed by atoms with Gasteiger partial charge >= 0.3 is 0 Å². The summed E-state index contributed by atoms with van der Waals surface area (Å²) >= 11 is 7.55. The highest BCUT2D eigenvalue weighted by Gasteiger charge is 2.18. The van der Waals surface area contributed by atoms with Gasteiger partial charge in [0.2, 0.25) is 10.0 Å². The van der Waals surface area contributed by atoms with Gasteiger partial charge in [0.15, 0.2) is 0 Å². The Morgan fingerprint density at radius 1 is 1.33 bits per heavy atom. The Hall–Kier alpha value is -1.45. The zero-order valence-electron chi connectivity index (χ0n) is 12.9. The van der Waals surface area contributed by atoms with Crippen LogP contribution in [0.2, 0.25) is 5.02 Å². The van der Waals surface area contributed by atoms with Gasteiger partial charge in [-0.05, 0) is 29.6 Å². The van der Waals surface area contributed by atoms with Crippen molar-refractivity contribution in [2.24, 2.45) is 0 Å². The number of halogens is 1. The van der Waals surface area contributed by atoms with Crippen molar-refractivity contribution < 1.29 is 17.9 Å². The number of benzene rings is 1. The summed E-state index contributed by atoms with van der Waals surface area (Å²) in [6, 6.07) is 7.80. The largest absolute Gasteiger partial charge is 0.383 e. The van der Waals surface area contributed by atoms with Gasteiger partial charge in [0.05, 0.1) is 28.6 Å². The highest BCUT2D eigenvalue weighted by molar-refractivity contribution is 7.89. The Balaban J connectivity index is 2.14. The molecule has 0 spiro atoms. The molecule has 0 saturated carbocycles. The number of sulfonamides is 1. The summed E-state index contributed by atoms with van der Waals surface area (Å²) in [6.07, 6.45) is 0. The fourth-order valence-electron chi connectivity index (χ4n) is 1.88. The second kappa shape index (κ2) is 8.59. The normalized spacial score (nSPS) is 11.4. The van der Waals surface area contributed by atoms with E-state index in [0.717, 1.165) is 4.88 Å². The third-order valence-electron chi connectivity index (χ3n) is 3.09. The van der Waals surface area contributed by atoms with E-state index in [4.69, 9.17) is 16.3 Å². The molecule has 0 bridgehead atoms. The highest BCUT2D eigenvalue weighted by atomic mass is 35.5. The number of carbonyl (C=O) groups excluding carboxylic acids is 1. The lowest BCUT2D eigenvalue weighted by Gasteiger charge is -2.10. The van der Waals surface area contributed by atoms with Gasteiger partial charge in [-0.1, -0.05) is 17.7 Å². The van der Waals surface area contributed by atoms with E-state index >= 15 is 0 Å². The molecular formula is C15H17ClN2O4S2. The fourth-order valence-corrected chi connectivity index (χ4v) is 3.77. The topological polar surface area (TPSA) is 84.5 Å². The van der Waals surface area contributed by atoms with E-state index in [1.165, 1.54) is 36.6 Å². The number of nitrogens with one attached hydrogen (secondary N) is 2. The van der Waals surface area contributed by atoms with Gasteiger partial charge in [0.1, 0.15) is 0 Å². The Bertz CT molecular complexity index is 792. The second-order valence-electron chi connectivity index (χ2n) is 4.79. The number of carbonyl (C=O) groups is 1.